The molecule has 118 valence electrons. The third kappa shape index (κ3) is 2.45. The van der Waals surface area contributed by atoms with Crippen LogP contribution in [0, 0.1) is 6.92 Å². The summed E-state index contributed by atoms with van der Waals surface area (Å²) < 4.78 is 1.66. The van der Waals surface area contributed by atoms with E-state index in [2.05, 4.69) is 26.4 Å². The second kappa shape index (κ2) is 5.31. The smallest absolute Gasteiger partial charge is 0.254 e. The van der Waals surface area contributed by atoms with Crippen LogP contribution in [0.3, 0.4) is 0 Å². The molecule has 2 N–H and O–H groups in total. The quantitative estimate of drug-likeness (QED) is 0.774. The Morgan fingerprint density at radius 1 is 1.35 bits per heavy atom. The van der Waals surface area contributed by atoms with Crippen LogP contribution in [-0.2, 0) is 12.0 Å². The van der Waals surface area contributed by atoms with E-state index >= 15 is 0 Å². The van der Waals surface area contributed by atoms with E-state index in [1.54, 1.807) is 4.52 Å². The predicted octanol–water partition coefficient (Wildman–Crippen LogP) is 2.07. The first-order valence-electron chi connectivity index (χ1n) is 7.88. The van der Waals surface area contributed by atoms with Crippen molar-refractivity contribution in [2.75, 3.05) is 11.9 Å². The first kappa shape index (κ1) is 14.1. The standard InChI is InChI=1S/C17H19N5O/c1-12-9-15(22-16(21-12)19-11-20-22)18-10-17(23)8-4-6-13-5-2-3-7-14(13)17/h2-3,5,7,9,11,18,23H,4,6,8,10H2,1H3. The van der Waals surface area contributed by atoms with Crippen LogP contribution in [0.15, 0.2) is 36.7 Å². The molecule has 2 aromatic heterocycles. The zero-order valence-electron chi connectivity index (χ0n) is 13.0. The maximum atomic E-state index is 11.2. The molecule has 2 heterocycles. The second-order valence-corrected chi connectivity index (χ2v) is 6.15. The fourth-order valence-corrected chi connectivity index (χ4v) is 3.38. The molecule has 1 aliphatic carbocycles. The van der Waals surface area contributed by atoms with Gasteiger partial charge in [0.2, 0.25) is 0 Å². The summed E-state index contributed by atoms with van der Waals surface area (Å²) in [6.07, 6.45) is 4.25. The SMILES string of the molecule is Cc1cc(NCC2(O)CCCc3ccccc32)n2ncnc2n1. The minimum Gasteiger partial charge on any atom is -0.383 e. The van der Waals surface area contributed by atoms with Crippen molar-refractivity contribution in [3.8, 4) is 0 Å². The average Bonchev–Trinajstić information content (AvgIpc) is 3.01. The van der Waals surface area contributed by atoms with Crippen molar-refractivity contribution in [2.45, 2.75) is 31.8 Å². The maximum Gasteiger partial charge on any atom is 0.254 e. The largest absolute Gasteiger partial charge is 0.383 e. The summed E-state index contributed by atoms with van der Waals surface area (Å²) in [6, 6.07) is 10.1. The summed E-state index contributed by atoms with van der Waals surface area (Å²) >= 11 is 0. The fourth-order valence-electron chi connectivity index (χ4n) is 3.38. The molecule has 6 heteroatoms. The van der Waals surface area contributed by atoms with Crippen molar-refractivity contribution >= 4 is 11.6 Å². The zero-order valence-corrected chi connectivity index (χ0v) is 13.0. The van der Waals surface area contributed by atoms with Crippen LogP contribution in [0.25, 0.3) is 5.78 Å². The van der Waals surface area contributed by atoms with Crippen LogP contribution < -0.4 is 5.32 Å². The van der Waals surface area contributed by atoms with E-state index in [1.165, 1.54) is 11.9 Å². The highest BCUT2D eigenvalue weighted by Gasteiger charge is 2.34. The molecule has 1 aromatic carbocycles. The van der Waals surface area contributed by atoms with Gasteiger partial charge < -0.3 is 10.4 Å². The Morgan fingerprint density at radius 3 is 3.13 bits per heavy atom. The molecule has 0 saturated carbocycles. The summed E-state index contributed by atoms with van der Waals surface area (Å²) in [5.74, 6) is 1.35. The molecule has 1 aliphatic rings. The van der Waals surface area contributed by atoms with Gasteiger partial charge in [-0.15, -0.1) is 0 Å². The summed E-state index contributed by atoms with van der Waals surface area (Å²) in [5, 5.41) is 18.7. The molecule has 3 aromatic rings. The first-order valence-corrected chi connectivity index (χ1v) is 7.88. The van der Waals surface area contributed by atoms with Gasteiger partial charge in [0.15, 0.2) is 0 Å². The Morgan fingerprint density at radius 2 is 2.22 bits per heavy atom. The lowest BCUT2D eigenvalue weighted by Crippen LogP contribution is -2.38. The third-order valence-electron chi connectivity index (χ3n) is 4.50. The van der Waals surface area contributed by atoms with Crippen LogP contribution in [0.1, 0.15) is 29.7 Å². The van der Waals surface area contributed by atoms with Gasteiger partial charge in [-0.05, 0) is 37.3 Å². The second-order valence-electron chi connectivity index (χ2n) is 6.15. The predicted molar refractivity (Wildman–Crippen MR) is 87.3 cm³/mol. The number of aryl methyl sites for hydroxylation is 2. The molecule has 23 heavy (non-hydrogen) atoms. The van der Waals surface area contributed by atoms with Crippen LogP contribution in [-0.4, -0.2) is 31.2 Å². The molecule has 0 bridgehead atoms. The topological polar surface area (TPSA) is 75.3 Å². The van der Waals surface area contributed by atoms with Crippen LogP contribution in [0.2, 0.25) is 0 Å². The Labute approximate surface area is 134 Å². The van der Waals surface area contributed by atoms with Gasteiger partial charge in [0.05, 0.1) is 0 Å². The van der Waals surface area contributed by atoms with Crippen molar-refractivity contribution < 1.29 is 5.11 Å². The molecule has 0 radical (unpaired) electrons. The number of rotatable bonds is 3. The number of benzene rings is 1. The molecule has 0 spiro atoms. The minimum atomic E-state index is -0.862. The van der Waals surface area contributed by atoms with E-state index < -0.39 is 5.60 Å². The summed E-state index contributed by atoms with van der Waals surface area (Å²) in [7, 11) is 0. The fraction of sp³-hybridized carbons (Fsp3) is 0.353. The molecular formula is C17H19N5O. The van der Waals surface area contributed by atoms with Gasteiger partial charge in [-0.3, -0.25) is 0 Å². The lowest BCUT2D eigenvalue weighted by atomic mass is 9.79. The maximum absolute atomic E-state index is 11.2. The Bertz CT molecular complexity index is 859. The molecule has 1 unspecified atom stereocenters. The van der Waals surface area contributed by atoms with Gasteiger partial charge in [-0.25, -0.2) is 4.98 Å². The van der Waals surface area contributed by atoms with Gasteiger partial charge in [0, 0.05) is 18.3 Å². The zero-order chi connectivity index (χ0) is 15.9. The number of nitrogens with zero attached hydrogens (tertiary/aromatic N) is 4. The Hall–Kier alpha value is -2.47. The number of anilines is 1. The van der Waals surface area contributed by atoms with Crippen molar-refractivity contribution in [3.05, 3.63) is 53.5 Å². The average molecular weight is 309 g/mol. The molecular weight excluding hydrogens is 290 g/mol. The Balaban J connectivity index is 1.65. The monoisotopic (exact) mass is 309 g/mol. The number of hydrogen-bond donors (Lipinski definition) is 2. The van der Waals surface area contributed by atoms with E-state index in [1.807, 2.05) is 31.2 Å². The van der Waals surface area contributed by atoms with Crippen LogP contribution in [0.5, 0.6) is 0 Å². The molecule has 0 saturated heterocycles. The highest BCUT2D eigenvalue weighted by Crippen LogP contribution is 2.35. The number of nitrogens with one attached hydrogen (secondary N) is 1. The van der Waals surface area contributed by atoms with Crippen molar-refractivity contribution in [2.24, 2.45) is 0 Å². The van der Waals surface area contributed by atoms with Crippen molar-refractivity contribution in [3.63, 3.8) is 0 Å². The van der Waals surface area contributed by atoms with Gasteiger partial charge in [0.1, 0.15) is 17.7 Å². The molecule has 1 atom stereocenters. The van der Waals surface area contributed by atoms with Crippen LogP contribution in [0.4, 0.5) is 5.82 Å². The van der Waals surface area contributed by atoms with E-state index in [4.69, 9.17) is 0 Å². The summed E-state index contributed by atoms with van der Waals surface area (Å²) in [4.78, 5) is 8.46. The summed E-state index contributed by atoms with van der Waals surface area (Å²) in [5.41, 5.74) is 2.27. The minimum absolute atomic E-state index is 0.433. The lowest BCUT2D eigenvalue weighted by Gasteiger charge is -2.35. The van der Waals surface area contributed by atoms with E-state index in [0.717, 1.165) is 36.3 Å². The number of hydrogen-bond acceptors (Lipinski definition) is 5. The molecule has 6 nitrogen and oxygen atoms in total. The third-order valence-corrected chi connectivity index (χ3v) is 4.50. The molecule has 0 aliphatic heterocycles. The number of fused-ring (bicyclic) bond motifs is 2. The van der Waals surface area contributed by atoms with Gasteiger partial charge >= 0.3 is 0 Å². The van der Waals surface area contributed by atoms with Crippen molar-refractivity contribution in [1.29, 1.82) is 0 Å². The highest BCUT2D eigenvalue weighted by atomic mass is 16.3. The van der Waals surface area contributed by atoms with Crippen LogP contribution >= 0.6 is 0 Å². The van der Waals surface area contributed by atoms with E-state index in [-0.39, 0.29) is 0 Å². The summed E-state index contributed by atoms with van der Waals surface area (Å²) in [6.45, 7) is 2.35. The van der Waals surface area contributed by atoms with Crippen molar-refractivity contribution in [1.82, 2.24) is 19.6 Å². The first-order chi connectivity index (χ1) is 11.2. The van der Waals surface area contributed by atoms with E-state index in [9.17, 15) is 5.11 Å². The lowest BCUT2D eigenvalue weighted by molar-refractivity contribution is 0.0322. The normalized spacial score (nSPS) is 20.4. The van der Waals surface area contributed by atoms with Gasteiger partial charge in [0.25, 0.3) is 5.78 Å². The number of aliphatic hydroxyl groups is 1. The van der Waals surface area contributed by atoms with E-state index in [0.29, 0.717) is 12.3 Å². The van der Waals surface area contributed by atoms with Gasteiger partial charge in [-0.1, -0.05) is 24.3 Å². The molecule has 0 fully saturated rings. The molecule has 4 rings (SSSR count). The molecule has 0 amide bonds. The Kier molecular flexibility index (Phi) is 3.27. The highest BCUT2D eigenvalue weighted by molar-refractivity contribution is 5.46. The van der Waals surface area contributed by atoms with Gasteiger partial charge in [-0.2, -0.15) is 14.6 Å². The number of aromatic nitrogens is 4.